The molecule has 0 saturated carbocycles. The van der Waals surface area contributed by atoms with Crippen molar-refractivity contribution in [2.75, 3.05) is 6.54 Å². The summed E-state index contributed by atoms with van der Waals surface area (Å²) >= 11 is 6.42. The van der Waals surface area contributed by atoms with E-state index in [1.807, 2.05) is 32.4 Å². The fraction of sp³-hybridized carbons (Fsp3) is 0.467. The highest BCUT2D eigenvalue weighted by molar-refractivity contribution is 6.30. The molecule has 3 heterocycles. The second-order valence-corrected chi connectivity index (χ2v) is 5.76. The third-order valence-corrected chi connectivity index (χ3v) is 4.45. The Morgan fingerprint density at radius 1 is 1.45 bits per heavy atom. The first kappa shape index (κ1) is 13.6. The van der Waals surface area contributed by atoms with Crippen LogP contribution >= 0.6 is 11.6 Å². The van der Waals surface area contributed by atoms with Gasteiger partial charge in [0, 0.05) is 37.6 Å². The summed E-state index contributed by atoms with van der Waals surface area (Å²) < 4.78 is 1.77. The average Bonchev–Trinajstić information content (AvgIpc) is 2.97. The summed E-state index contributed by atoms with van der Waals surface area (Å²) in [5.41, 5.74) is 3.48. The van der Waals surface area contributed by atoms with Crippen LogP contribution in [-0.4, -0.2) is 26.2 Å². The molecule has 0 amide bonds. The van der Waals surface area contributed by atoms with Crippen LogP contribution in [0.5, 0.6) is 0 Å². The van der Waals surface area contributed by atoms with Crippen molar-refractivity contribution in [3.8, 4) is 0 Å². The smallest absolute Gasteiger partial charge is 0.131 e. The van der Waals surface area contributed by atoms with Crippen LogP contribution < -0.4 is 0 Å². The lowest BCUT2D eigenvalue weighted by Gasteiger charge is -2.24. The second kappa shape index (κ2) is 5.54. The molecular formula is C15H19ClN4. The van der Waals surface area contributed by atoms with E-state index in [0.717, 1.165) is 30.4 Å². The van der Waals surface area contributed by atoms with Gasteiger partial charge >= 0.3 is 0 Å². The minimum atomic E-state index is 0.372. The normalized spacial score (nSPS) is 19.6. The van der Waals surface area contributed by atoms with Crippen LogP contribution in [0.1, 0.15) is 35.7 Å². The van der Waals surface area contributed by atoms with Crippen molar-refractivity contribution in [1.82, 2.24) is 19.7 Å². The largest absolute Gasteiger partial charge is 0.292 e. The highest BCUT2D eigenvalue weighted by atomic mass is 35.5. The van der Waals surface area contributed by atoms with E-state index in [1.54, 1.807) is 4.68 Å². The van der Waals surface area contributed by atoms with E-state index in [2.05, 4.69) is 21.0 Å². The molecule has 106 valence electrons. The van der Waals surface area contributed by atoms with E-state index < -0.39 is 0 Å². The zero-order chi connectivity index (χ0) is 14.1. The van der Waals surface area contributed by atoms with Crippen LogP contribution in [0.15, 0.2) is 24.5 Å². The molecule has 0 spiro atoms. The van der Waals surface area contributed by atoms with Gasteiger partial charge in [0.05, 0.1) is 5.69 Å². The molecule has 0 N–H and O–H groups in total. The molecule has 1 atom stereocenters. The molecule has 0 aliphatic carbocycles. The fourth-order valence-electron chi connectivity index (χ4n) is 3.09. The Balaban J connectivity index is 1.85. The Morgan fingerprint density at radius 3 is 2.95 bits per heavy atom. The van der Waals surface area contributed by atoms with E-state index in [0.29, 0.717) is 6.04 Å². The molecule has 20 heavy (non-hydrogen) atoms. The quantitative estimate of drug-likeness (QED) is 0.871. The summed E-state index contributed by atoms with van der Waals surface area (Å²) in [5, 5.41) is 5.21. The van der Waals surface area contributed by atoms with E-state index >= 15 is 0 Å². The molecule has 1 aliphatic rings. The van der Waals surface area contributed by atoms with E-state index in [1.165, 1.54) is 17.5 Å². The van der Waals surface area contributed by atoms with Crippen molar-refractivity contribution in [1.29, 1.82) is 0 Å². The average molecular weight is 291 g/mol. The van der Waals surface area contributed by atoms with Crippen LogP contribution in [0.2, 0.25) is 5.15 Å². The van der Waals surface area contributed by atoms with Gasteiger partial charge in [-0.2, -0.15) is 5.10 Å². The van der Waals surface area contributed by atoms with Gasteiger partial charge in [-0.05, 0) is 37.9 Å². The molecule has 2 aromatic heterocycles. The third-order valence-electron chi connectivity index (χ3n) is 4.00. The maximum Gasteiger partial charge on any atom is 0.131 e. The second-order valence-electron chi connectivity index (χ2n) is 5.40. The minimum absolute atomic E-state index is 0.372. The highest BCUT2D eigenvalue weighted by Gasteiger charge is 2.30. The van der Waals surface area contributed by atoms with Gasteiger partial charge < -0.3 is 0 Å². The zero-order valence-electron chi connectivity index (χ0n) is 11.9. The lowest BCUT2D eigenvalue weighted by molar-refractivity contribution is 0.247. The van der Waals surface area contributed by atoms with Crippen LogP contribution in [0, 0.1) is 6.92 Å². The summed E-state index contributed by atoms with van der Waals surface area (Å²) in [6.45, 7) is 4.06. The number of hydrogen-bond acceptors (Lipinski definition) is 3. The van der Waals surface area contributed by atoms with Gasteiger partial charge in [-0.25, -0.2) is 0 Å². The summed E-state index contributed by atoms with van der Waals surface area (Å²) in [6.07, 6.45) is 6.10. The van der Waals surface area contributed by atoms with Gasteiger partial charge in [-0.15, -0.1) is 0 Å². The number of rotatable bonds is 3. The van der Waals surface area contributed by atoms with E-state index in [9.17, 15) is 0 Å². The molecule has 0 bridgehead atoms. The first-order valence-corrected chi connectivity index (χ1v) is 7.36. The Labute approximate surface area is 124 Å². The maximum absolute atomic E-state index is 6.42. The summed E-state index contributed by atoms with van der Waals surface area (Å²) in [7, 11) is 1.90. The molecule has 2 aromatic rings. The van der Waals surface area contributed by atoms with Crippen molar-refractivity contribution < 1.29 is 0 Å². The molecule has 1 aliphatic heterocycles. The van der Waals surface area contributed by atoms with Crippen molar-refractivity contribution >= 4 is 11.6 Å². The van der Waals surface area contributed by atoms with Gasteiger partial charge in [0.1, 0.15) is 5.15 Å². The standard InChI is InChI=1S/C15H19ClN4/c1-11-14(15(16)19(2)18-11)13-6-4-8-20(13)10-12-5-3-7-17-9-12/h3,5,7,9,13H,4,6,8,10H2,1-2H3. The summed E-state index contributed by atoms with van der Waals surface area (Å²) in [4.78, 5) is 6.67. The zero-order valence-corrected chi connectivity index (χ0v) is 12.6. The lowest BCUT2D eigenvalue weighted by Crippen LogP contribution is -2.23. The van der Waals surface area contributed by atoms with Gasteiger partial charge in [0.15, 0.2) is 0 Å². The molecule has 4 nitrogen and oxygen atoms in total. The van der Waals surface area contributed by atoms with Gasteiger partial charge in [0.25, 0.3) is 0 Å². The number of likely N-dealkylation sites (tertiary alicyclic amines) is 1. The van der Waals surface area contributed by atoms with Crippen LogP contribution in [-0.2, 0) is 13.6 Å². The number of aromatic nitrogens is 3. The molecule has 1 unspecified atom stereocenters. The Hall–Kier alpha value is -1.39. The third kappa shape index (κ3) is 2.45. The maximum atomic E-state index is 6.42. The molecule has 5 heteroatoms. The lowest BCUT2D eigenvalue weighted by atomic mass is 10.1. The molecule has 0 radical (unpaired) electrons. The predicted molar refractivity (Wildman–Crippen MR) is 79.6 cm³/mol. The van der Waals surface area contributed by atoms with Crippen molar-refractivity contribution in [3.05, 3.63) is 46.5 Å². The van der Waals surface area contributed by atoms with Crippen molar-refractivity contribution in [2.24, 2.45) is 7.05 Å². The summed E-state index contributed by atoms with van der Waals surface area (Å²) in [6, 6.07) is 4.49. The van der Waals surface area contributed by atoms with Crippen molar-refractivity contribution in [2.45, 2.75) is 32.4 Å². The minimum Gasteiger partial charge on any atom is -0.292 e. The number of pyridine rings is 1. The van der Waals surface area contributed by atoms with E-state index in [-0.39, 0.29) is 0 Å². The predicted octanol–water partition coefficient (Wildman–Crippen LogP) is 3.11. The monoisotopic (exact) mass is 290 g/mol. The van der Waals surface area contributed by atoms with Crippen LogP contribution in [0.3, 0.4) is 0 Å². The Bertz CT molecular complexity index is 593. The molecule has 1 fully saturated rings. The van der Waals surface area contributed by atoms with Gasteiger partial charge in [-0.1, -0.05) is 17.7 Å². The van der Waals surface area contributed by atoms with E-state index in [4.69, 9.17) is 11.6 Å². The first-order valence-electron chi connectivity index (χ1n) is 6.98. The molecule has 1 saturated heterocycles. The van der Waals surface area contributed by atoms with Crippen LogP contribution in [0.25, 0.3) is 0 Å². The molecule has 0 aromatic carbocycles. The number of hydrogen-bond donors (Lipinski definition) is 0. The molecular weight excluding hydrogens is 272 g/mol. The number of halogens is 1. The van der Waals surface area contributed by atoms with Gasteiger partial charge in [0.2, 0.25) is 0 Å². The Kier molecular flexibility index (Phi) is 3.76. The Morgan fingerprint density at radius 2 is 2.30 bits per heavy atom. The molecule has 3 rings (SSSR count). The highest BCUT2D eigenvalue weighted by Crippen LogP contribution is 2.38. The number of nitrogens with zero attached hydrogens (tertiary/aromatic N) is 4. The van der Waals surface area contributed by atoms with Gasteiger partial charge in [-0.3, -0.25) is 14.6 Å². The van der Waals surface area contributed by atoms with Crippen LogP contribution in [0.4, 0.5) is 0 Å². The SMILES string of the molecule is Cc1nn(C)c(Cl)c1C1CCCN1Cc1cccnc1. The first-order chi connectivity index (χ1) is 9.66. The topological polar surface area (TPSA) is 34.0 Å². The number of aryl methyl sites for hydroxylation is 2. The summed E-state index contributed by atoms with van der Waals surface area (Å²) in [5.74, 6) is 0. The van der Waals surface area contributed by atoms with Crippen molar-refractivity contribution in [3.63, 3.8) is 0 Å². The fourth-order valence-corrected chi connectivity index (χ4v) is 3.39.